The highest BCUT2D eigenvalue weighted by Crippen LogP contribution is 2.28. The van der Waals surface area contributed by atoms with E-state index in [9.17, 15) is 14.4 Å². The molecule has 1 atom stereocenters. The van der Waals surface area contributed by atoms with Crippen LogP contribution in [0.4, 0.5) is 11.4 Å². The van der Waals surface area contributed by atoms with E-state index in [0.717, 1.165) is 0 Å². The lowest BCUT2D eigenvalue weighted by molar-refractivity contribution is -0.141. The van der Waals surface area contributed by atoms with Crippen LogP contribution in [0.3, 0.4) is 0 Å². The highest BCUT2D eigenvalue weighted by Gasteiger charge is 2.45. The van der Waals surface area contributed by atoms with Gasteiger partial charge in [-0.05, 0) is 60.7 Å². The summed E-state index contributed by atoms with van der Waals surface area (Å²) in [6.45, 7) is -0.258. The average molecular weight is 462 g/mol. The van der Waals surface area contributed by atoms with Crippen LogP contribution in [0.5, 0.6) is 5.75 Å². The minimum atomic E-state index is -0.958. The monoisotopic (exact) mass is 461 g/mol. The SMILES string of the molecule is COC(=O)CN1C(=S)N(c2ccc(Cl)cc2)C(=O)C1CC(=O)Nc1ccc(OC)cc1. The maximum absolute atomic E-state index is 13.2. The van der Waals surface area contributed by atoms with Gasteiger partial charge in [-0.1, -0.05) is 11.6 Å². The second kappa shape index (κ2) is 9.76. The second-order valence-electron chi connectivity index (χ2n) is 6.63. The molecule has 1 N–H and O–H groups in total. The number of benzene rings is 2. The number of ether oxygens (including phenoxy) is 2. The Balaban J connectivity index is 1.81. The van der Waals surface area contributed by atoms with Gasteiger partial charge in [-0.2, -0.15) is 0 Å². The molecule has 0 radical (unpaired) electrons. The summed E-state index contributed by atoms with van der Waals surface area (Å²) in [6, 6.07) is 12.4. The van der Waals surface area contributed by atoms with Gasteiger partial charge in [0.25, 0.3) is 5.91 Å². The fraction of sp³-hybridized carbons (Fsp3) is 0.238. The van der Waals surface area contributed by atoms with E-state index in [1.54, 1.807) is 55.6 Å². The van der Waals surface area contributed by atoms with E-state index in [4.69, 9.17) is 33.3 Å². The first-order valence-electron chi connectivity index (χ1n) is 9.25. The molecule has 1 fully saturated rings. The van der Waals surface area contributed by atoms with Crippen molar-refractivity contribution in [2.45, 2.75) is 12.5 Å². The lowest BCUT2D eigenvalue weighted by Crippen LogP contribution is -2.41. The number of hydrogen-bond acceptors (Lipinski definition) is 6. The molecule has 1 aliphatic heterocycles. The first kappa shape index (κ1) is 22.5. The van der Waals surface area contributed by atoms with Crippen molar-refractivity contribution in [3.63, 3.8) is 0 Å². The molecule has 2 aromatic carbocycles. The zero-order valence-electron chi connectivity index (χ0n) is 16.8. The summed E-state index contributed by atoms with van der Waals surface area (Å²) in [6.07, 6.45) is -0.202. The van der Waals surface area contributed by atoms with Gasteiger partial charge in [-0.25, -0.2) is 0 Å². The van der Waals surface area contributed by atoms with E-state index in [0.29, 0.717) is 22.1 Å². The number of thiocarbonyl (C=S) groups is 1. The third-order valence-corrected chi connectivity index (χ3v) is 5.35. The number of carbonyl (C=O) groups is 3. The molecule has 31 heavy (non-hydrogen) atoms. The Bertz CT molecular complexity index is 997. The topological polar surface area (TPSA) is 88.2 Å². The zero-order valence-corrected chi connectivity index (χ0v) is 18.4. The van der Waals surface area contributed by atoms with Crippen molar-refractivity contribution in [2.75, 3.05) is 31.0 Å². The van der Waals surface area contributed by atoms with Crippen LogP contribution in [0.1, 0.15) is 6.42 Å². The maximum Gasteiger partial charge on any atom is 0.325 e. The second-order valence-corrected chi connectivity index (χ2v) is 7.43. The van der Waals surface area contributed by atoms with E-state index in [2.05, 4.69) is 5.32 Å². The third kappa shape index (κ3) is 5.12. The van der Waals surface area contributed by atoms with Gasteiger partial charge in [0.2, 0.25) is 5.91 Å². The van der Waals surface area contributed by atoms with Crippen LogP contribution in [-0.4, -0.2) is 54.6 Å². The average Bonchev–Trinajstić information content (AvgIpc) is 2.98. The molecular formula is C21H20ClN3O5S. The van der Waals surface area contributed by atoms with E-state index >= 15 is 0 Å². The molecule has 162 valence electrons. The number of esters is 1. The molecular weight excluding hydrogens is 442 g/mol. The van der Waals surface area contributed by atoms with Gasteiger partial charge in [0, 0.05) is 10.7 Å². The molecule has 2 amide bonds. The molecule has 1 heterocycles. The number of nitrogens with zero attached hydrogens (tertiary/aromatic N) is 2. The fourth-order valence-corrected chi connectivity index (χ4v) is 3.62. The van der Waals surface area contributed by atoms with Crippen molar-refractivity contribution >= 4 is 58.1 Å². The summed E-state index contributed by atoms with van der Waals surface area (Å²) in [4.78, 5) is 40.4. The van der Waals surface area contributed by atoms with Crippen molar-refractivity contribution in [2.24, 2.45) is 0 Å². The Morgan fingerprint density at radius 2 is 1.74 bits per heavy atom. The minimum absolute atomic E-state index is 0.111. The summed E-state index contributed by atoms with van der Waals surface area (Å²) >= 11 is 11.4. The Morgan fingerprint density at radius 1 is 1.10 bits per heavy atom. The summed E-state index contributed by atoms with van der Waals surface area (Å²) in [7, 11) is 2.79. The lowest BCUT2D eigenvalue weighted by Gasteiger charge is -2.22. The molecule has 2 aromatic rings. The standard InChI is InChI=1S/C21H20ClN3O5S/c1-29-16-9-5-14(6-10-16)23-18(26)11-17-20(28)25(15-7-3-13(22)4-8-15)21(31)24(17)12-19(27)30-2/h3-10,17H,11-12H2,1-2H3,(H,23,26). The molecule has 8 nitrogen and oxygen atoms in total. The Kier molecular flexibility index (Phi) is 7.09. The first-order chi connectivity index (χ1) is 14.8. The minimum Gasteiger partial charge on any atom is -0.497 e. The Labute approximate surface area is 189 Å². The molecule has 1 unspecified atom stereocenters. The molecule has 0 saturated carbocycles. The van der Waals surface area contributed by atoms with Crippen LogP contribution < -0.4 is 15.0 Å². The molecule has 3 rings (SSSR count). The predicted molar refractivity (Wildman–Crippen MR) is 120 cm³/mol. The largest absolute Gasteiger partial charge is 0.497 e. The zero-order chi connectivity index (χ0) is 22.5. The summed E-state index contributed by atoms with van der Waals surface area (Å²) in [5.74, 6) is -0.744. The van der Waals surface area contributed by atoms with Crippen molar-refractivity contribution in [1.82, 2.24) is 4.90 Å². The van der Waals surface area contributed by atoms with E-state index in [1.807, 2.05) is 0 Å². The smallest absolute Gasteiger partial charge is 0.325 e. The van der Waals surface area contributed by atoms with Crippen molar-refractivity contribution in [1.29, 1.82) is 0 Å². The summed E-state index contributed by atoms with van der Waals surface area (Å²) < 4.78 is 9.82. The number of hydrogen-bond donors (Lipinski definition) is 1. The number of amides is 2. The number of rotatable bonds is 7. The number of nitrogens with one attached hydrogen (secondary N) is 1. The maximum atomic E-state index is 13.2. The van der Waals surface area contributed by atoms with Crippen molar-refractivity contribution < 1.29 is 23.9 Å². The molecule has 0 spiro atoms. The normalized spacial score (nSPS) is 15.8. The van der Waals surface area contributed by atoms with Crippen LogP contribution in [0.25, 0.3) is 0 Å². The predicted octanol–water partition coefficient (Wildman–Crippen LogP) is 2.85. The van der Waals surface area contributed by atoms with Gasteiger partial charge in [-0.15, -0.1) is 0 Å². The summed E-state index contributed by atoms with van der Waals surface area (Å²) in [5.41, 5.74) is 1.04. The Hall–Kier alpha value is -3.17. The molecule has 0 aliphatic carbocycles. The first-order valence-corrected chi connectivity index (χ1v) is 10.0. The number of anilines is 2. The van der Waals surface area contributed by atoms with E-state index in [1.165, 1.54) is 16.9 Å². The summed E-state index contributed by atoms with van der Waals surface area (Å²) in [5, 5.41) is 3.35. The quantitative estimate of drug-likeness (QED) is 0.501. The third-order valence-electron chi connectivity index (χ3n) is 4.68. The van der Waals surface area contributed by atoms with Crippen LogP contribution in [0.2, 0.25) is 5.02 Å². The van der Waals surface area contributed by atoms with Gasteiger partial charge < -0.3 is 19.7 Å². The van der Waals surface area contributed by atoms with Gasteiger partial charge in [0.05, 0.1) is 26.3 Å². The highest BCUT2D eigenvalue weighted by atomic mass is 35.5. The number of carbonyl (C=O) groups excluding carboxylic acids is 3. The molecule has 10 heteroatoms. The van der Waals surface area contributed by atoms with E-state index in [-0.39, 0.29) is 18.1 Å². The Morgan fingerprint density at radius 3 is 2.32 bits per heavy atom. The molecule has 1 aliphatic rings. The number of halogens is 1. The van der Waals surface area contributed by atoms with Gasteiger partial charge in [0.15, 0.2) is 5.11 Å². The van der Waals surface area contributed by atoms with Crippen LogP contribution in [0.15, 0.2) is 48.5 Å². The van der Waals surface area contributed by atoms with Gasteiger partial charge in [-0.3, -0.25) is 19.3 Å². The van der Waals surface area contributed by atoms with Crippen LogP contribution >= 0.6 is 23.8 Å². The molecule has 0 aromatic heterocycles. The van der Waals surface area contributed by atoms with Crippen molar-refractivity contribution in [3.8, 4) is 5.75 Å². The molecule has 0 bridgehead atoms. The van der Waals surface area contributed by atoms with Crippen molar-refractivity contribution in [3.05, 3.63) is 53.6 Å². The number of methoxy groups -OCH3 is 2. The van der Waals surface area contributed by atoms with Gasteiger partial charge >= 0.3 is 5.97 Å². The van der Waals surface area contributed by atoms with Gasteiger partial charge in [0.1, 0.15) is 18.3 Å². The van der Waals surface area contributed by atoms with Crippen LogP contribution in [-0.2, 0) is 19.1 Å². The fourth-order valence-electron chi connectivity index (χ4n) is 3.11. The highest BCUT2D eigenvalue weighted by molar-refractivity contribution is 7.80. The lowest BCUT2D eigenvalue weighted by atomic mass is 10.1. The van der Waals surface area contributed by atoms with E-state index < -0.39 is 23.8 Å². The van der Waals surface area contributed by atoms with Crippen LogP contribution in [0, 0.1) is 0 Å². The molecule has 1 saturated heterocycles.